The number of aromatic carboxylic acids is 1. The lowest BCUT2D eigenvalue weighted by Crippen LogP contribution is -2.19. The van der Waals surface area contributed by atoms with Crippen LogP contribution in [0.2, 0.25) is 0 Å². The Kier molecular flexibility index (Phi) is 4.32. The van der Waals surface area contributed by atoms with Gasteiger partial charge in [0.2, 0.25) is 0 Å². The lowest BCUT2D eigenvalue weighted by Gasteiger charge is -2.11. The van der Waals surface area contributed by atoms with Gasteiger partial charge >= 0.3 is 11.9 Å². The molecule has 0 fully saturated rings. The van der Waals surface area contributed by atoms with Crippen LogP contribution in [-0.4, -0.2) is 35.3 Å². The van der Waals surface area contributed by atoms with Gasteiger partial charge in [-0.25, -0.2) is 9.80 Å². The fourth-order valence-electron chi connectivity index (χ4n) is 1.91. The molecule has 1 aliphatic heterocycles. The van der Waals surface area contributed by atoms with Crippen LogP contribution in [0.15, 0.2) is 29.4 Å². The van der Waals surface area contributed by atoms with Crippen LogP contribution >= 0.6 is 0 Å². The lowest BCUT2D eigenvalue weighted by atomic mass is 10.2. The van der Waals surface area contributed by atoms with Crippen LogP contribution in [-0.2, 0) is 14.3 Å². The minimum atomic E-state index is -1.04. The van der Waals surface area contributed by atoms with Crippen LogP contribution in [0.3, 0.4) is 0 Å². The Morgan fingerprint density at radius 1 is 1.33 bits per heavy atom. The van der Waals surface area contributed by atoms with Crippen molar-refractivity contribution in [2.75, 3.05) is 11.6 Å². The Labute approximate surface area is 120 Å². The van der Waals surface area contributed by atoms with Crippen molar-refractivity contribution in [1.82, 2.24) is 0 Å². The van der Waals surface area contributed by atoms with E-state index in [1.165, 1.54) is 29.3 Å². The molecule has 110 valence electrons. The van der Waals surface area contributed by atoms with Gasteiger partial charge in [0.1, 0.15) is 0 Å². The number of carboxylic acids is 1. The smallest absolute Gasteiger partial charge is 0.335 e. The number of amides is 1. The van der Waals surface area contributed by atoms with E-state index in [-0.39, 0.29) is 30.9 Å². The zero-order valence-corrected chi connectivity index (χ0v) is 11.4. The first kappa shape index (κ1) is 14.7. The molecule has 7 nitrogen and oxygen atoms in total. The number of carboxylic acid groups (broad SMARTS) is 1. The number of rotatable bonds is 5. The fourth-order valence-corrected chi connectivity index (χ4v) is 1.91. The van der Waals surface area contributed by atoms with Crippen LogP contribution in [0.5, 0.6) is 0 Å². The minimum Gasteiger partial charge on any atom is -0.478 e. The predicted octanol–water partition coefficient (Wildman–Crippen LogP) is 1.43. The van der Waals surface area contributed by atoms with E-state index in [4.69, 9.17) is 9.84 Å². The molecule has 1 aliphatic rings. The van der Waals surface area contributed by atoms with Gasteiger partial charge in [0.05, 0.1) is 36.4 Å². The molecule has 1 aromatic carbocycles. The molecule has 0 aromatic heterocycles. The van der Waals surface area contributed by atoms with Gasteiger partial charge in [0.15, 0.2) is 0 Å². The number of anilines is 1. The molecule has 0 unspecified atom stereocenters. The SMILES string of the molecule is CCOC(=O)CC1=NN(c2ccc(C(=O)O)cc2)C(=O)C1. The Bertz CT molecular complexity index is 606. The molecule has 0 radical (unpaired) electrons. The first-order chi connectivity index (χ1) is 10.0. The van der Waals surface area contributed by atoms with Crippen LogP contribution < -0.4 is 5.01 Å². The second kappa shape index (κ2) is 6.17. The lowest BCUT2D eigenvalue weighted by molar-refractivity contribution is -0.141. The highest BCUT2D eigenvalue weighted by Gasteiger charge is 2.26. The van der Waals surface area contributed by atoms with Crippen LogP contribution in [0.1, 0.15) is 30.1 Å². The number of carbonyl (C=O) groups excluding carboxylic acids is 2. The Morgan fingerprint density at radius 3 is 2.57 bits per heavy atom. The van der Waals surface area contributed by atoms with E-state index in [9.17, 15) is 14.4 Å². The van der Waals surface area contributed by atoms with E-state index in [1.54, 1.807) is 6.92 Å². The number of ether oxygens (including phenoxy) is 1. The molecule has 0 atom stereocenters. The van der Waals surface area contributed by atoms with Crippen molar-refractivity contribution in [3.63, 3.8) is 0 Å². The highest BCUT2D eigenvalue weighted by Crippen LogP contribution is 2.22. The normalized spacial score (nSPS) is 14.0. The third kappa shape index (κ3) is 3.44. The molecular weight excluding hydrogens is 276 g/mol. The van der Waals surface area contributed by atoms with Crippen LogP contribution in [0.25, 0.3) is 0 Å². The van der Waals surface area contributed by atoms with Gasteiger partial charge in [-0.1, -0.05) is 0 Å². The molecule has 7 heteroatoms. The van der Waals surface area contributed by atoms with Crippen molar-refractivity contribution >= 4 is 29.2 Å². The number of nitrogens with zero attached hydrogens (tertiary/aromatic N) is 2. The first-order valence-corrected chi connectivity index (χ1v) is 6.39. The molecule has 0 aliphatic carbocycles. The van der Waals surface area contributed by atoms with E-state index in [0.717, 1.165) is 0 Å². The van der Waals surface area contributed by atoms with Gasteiger partial charge in [-0.05, 0) is 31.2 Å². The monoisotopic (exact) mass is 290 g/mol. The summed E-state index contributed by atoms with van der Waals surface area (Å²) in [6.45, 7) is 1.98. The summed E-state index contributed by atoms with van der Waals surface area (Å²) in [5.41, 5.74) is 1.02. The number of hydrogen-bond acceptors (Lipinski definition) is 5. The first-order valence-electron chi connectivity index (χ1n) is 6.39. The van der Waals surface area contributed by atoms with Crippen molar-refractivity contribution in [3.8, 4) is 0 Å². The minimum absolute atomic E-state index is 0.0245. The van der Waals surface area contributed by atoms with Gasteiger partial charge in [0, 0.05) is 0 Å². The van der Waals surface area contributed by atoms with E-state index >= 15 is 0 Å². The second-order valence-electron chi connectivity index (χ2n) is 4.38. The highest BCUT2D eigenvalue weighted by atomic mass is 16.5. The van der Waals surface area contributed by atoms with Gasteiger partial charge in [-0.3, -0.25) is 9.59 Å². The molecule has 0 spiro atoms. The second-order valence-corrected chi connectivity index (χ2v) is 4.38. The quantitative estimate of drug-likeness (QED) is 0.827. The molecule has 2 rings (SSSR count). The molecule has 1 heterocycles. The maximum atomic E-state index is 11.9. The van der Waals surface area contributed by atoms with Gasteiger partial charge in [-0.15, -0.1) is 0 Å². The van der Waals surface area contributed by atoms with E-state index in [1.807, 2.05) is 0 Å². The molecular formula is C14H14N2O5. The number of hydrogen-bond donors (Lipinski definition) is 1. The Hall–Kier alpha value is -2.70. The summed E-state index contributed by atoms with van der Waals surface area (Å²) in [5, 5.41) is 14.1. The molecule has 0 saturated heterocycles. The maximum Gasteiger partial charge on any atom is 0.335 e. The topological polar surface area (TPSA) is 96.3 Å². The zero-order chi connectivity index (χ0) is 15.4. The number of carbonyl (C=O) groups is 3. The predicted molar refractivity (Wildman–Crippen MR) is 74.2 cm³/mol. The summed E-state index contributed by atoms with van der Waals surface area (Å²) in [4.78, 5) is 34.0. The van der Waals surface area contributed by atoms with Gasteiger partial charge < -0.3 is 9.84 Å². The molecule has 0 saturated carbocycles. The molecule has 0 bridgehead atoms. The van der Waals surface area contributed by atoms with Gasteiger partial charge in [0.25, 0.3) is 5.91 Å². The van der Waals surface area contributed by atoms with Crippen molar-refractivity contribution in [2.24, 2.45) is 5.10 Å². The fraction of sp³-hybridized carbons (Fsp3) is 0.286. The van der Waals surface area contributed by atoms with E-state index in [2.05, 4.69) is 5.10 Å². The molecule has 21 heavy (non-hydrogen) atoms. The third-order valence-electron chi connectivity index (χ3n) is 2.85. The summed E-state index contributed by atoms with van der Waals surface area (Å²) in [6.07, 6.45) is 0.0305. The standard InChI is InChI=1S/C14H14N2O5/c1-2-21-13(18)8-10-7-12(17)16(15-10)11-5-3-9(4-6-11)14(19)20/h3-6H,2,7-8H2,1H3,(H,19,20). The van der Waals surface area contributed by atoms with Crippen molar-refractivity contribution < 1.29 is 24.2 Å². The largest absolute Gasteiger partial charge is 0.478 e. The summed E-state index contributed by atoms with van der Waals surface area (Å²) in [7, 11) is 0. The van der Waals surface area contributed by atoms with E-state index in [0.29, 0.717) is 11.4 Å². The van der Waals surface area contributed by atoms with Crippen LogP contribution in [0, 0.1) is 0 Å². The maximum absolute atomic E-state index is 11.9. The summed E-state index contributed by atoms with van der Waals surface area (Å²) >= 11 is 0. The average Bonchev–Trinajstić information content (AvgIpc) is 2.79. The molecule has 1 amide bonds. The van der Waals surface area contributed by atoms with Crippen molar-refractivity contribution in [3.05, 3.63) is 29.8 Å². The van der Waals surface area contributed by atoms with Crippen LogP contribution in [0.4, 0.5) is 5.69 Å². The van der Waals surface area contributed by atoms with Gasteiger partial charge in [-0.2, -0.15) is 5.10 Å². The third-order valence-corrected chi connectivity index (χ3v) is 2.85. The Morgan fingerprint density at radius 2 is 2.00 bits per heavy atom. The Balaban J connectivity index is 2.12. The van der Waals surface area contributed by atoms with E-state index < -0.39 is 11.9 Å². The molecule has 1 N–H and O–H groups in total. The molecule has 1 aromatic rings. The average molecular weight is 290 g/mol. The zero-order valence-electron chi connectivity index (χ0n) is 11.4. The highest BCUT2D eigenvalue weighted by molar-refractivity contribution is 6.16. The summed E-state index contributed by atoms with van der Waals surface area (Å²) in [5.74, 6) is -1.73. The number of esters is 1. The number of benzene rings is 1. The summed E-state index contributed by atoms with van der Waals surface area (Å²) in [6, 6.07) is 5.78. The van der Waals surface area contributed by atoms with Crippen molar-refractivity contribution in [1.29, 1.82) is 0 Å². The van der Waals surface area contributed by atoms with Crippen molar-refractivity contribution in [2.45, 2.75) is 19.8 Å². The summed E-state index contributed by atoms with van der Waals surface area (Å²) < 4.78 is 4.81. The number of hydrazone groups is 1.